The van der Waals surface area contributed by atoms with Crippen molar-refractivity contribution in [1.82, 2.24) is 15.3 Å². The van der Waals surface area contributed by atoms with E-state index in [-0.39, 0.29) is 16.9 Å². The number of benzene rings is 1. The summed E-state index contributed by atoms with van der Waals surface area (Å²) in [5, 5.41) is 2.98. The topological polar surface area (TPSA) is 54.9 Å². The highest BCUT2D eigenvalue weighted by Crippen LogP contribution is 2.29. The van der Waals surface area contributed by atoms with Crippen LogP contribution in [-0.2, 0) is 5.41 Å². The second-order valence-corrected chi connectivity index (χ2v) is 7.37. The largest absolute Gasteiger partial charge is 0.347 e. The van der Waals surface area contributed by atoms with Gasteiger partial charge < -0.3 is 5.32 Å². The summed E-state index contributed by atoms with van der Waals surface area (Å²) in [4.78, 5) is 21.3. The van der Waals surface area contributed by atoms with Gasteiger partial charge in [0.15, 0.2) is 0 Å². The summed E-state index contributed by atoms with van der Waals surface area (Å²) in [6.45, 7) is 12.3. The highest BCUT2D eigenvalue weighted by molar-refractivity contribution is 6.05. The number of amides is 1. The zero-order valence-corrected chi connectivity index (χ0v) is 13.6. The molecule has 1 aromatic heterocycles. The van der Waals surface area contributed by atoms with Gasteiger partial charge in [0.25, 0.3) is 5.91 Å². The third-order valence-electron chi connectivity index (χ3n) is 3.17. The van der Waals surface area contributed by atoms with E-state index in [0.29, 0.717) is 11.1 Å². The first-order valence-corrected chi connectivity index (χ1v) is 7.16. The Hall–Kier alpha value is -1.97. The molecule has 0 fully saturated rings. The fourth-order valence-electron chi connectivity index (χ4n) is 2.25. The van der Waals surface area contributed by atoms with Gasteiger partial charge in [-0.2, -0.15) is 0 Å². The number of aromatic nitrogens is 2. The van der Waals surface area contributed by atoms with Crippen molar-refractivity contribution in [3.63, 3.8) is 0 Å². The predicted octanol–water partition coefficient (Wildman–Crippen LogP) is 3.46. The molecule has 0 radical (unpaired) electrons. The van der Waals surface area contributed by atoms with E-state index in [2.05, 4.69) is 36.1 Å². The minimum atomic E-state index is -0.283. The van der Waals surface area contributed by atoms with Crippen molar-refractivity contribution in [3.05, 3.63) is 35.7 Å². The van der Waals surface area contributed by atoms with Gasteiger partial charge in [-0.05, 0) is 37.8 Å². The van der Waals surface area contributed by atoms with Crippen LogP contribution < -0.4 is 5.32 Å². The van der Waals surface area contributed by atoms with Crippen LogP contribution in [0.3, 0.4) is 0 Å². The molecule has 0 aliphatic rings. The van der Waals surface area contributed by atoms with E-state index < -0.39 is 0 Å². The number of nitrogens with zero attached hydrogens (tertiary/aromatic N) is 2. The molecule has 0 spiro atoms. The van der Waals surface area contributed by atoms with Crippen LogP contribution in [-0.4, -0.2) is 21.4 Å². The molecule has 4 heteroatoms. The monoisotopic (exact) mass is 285 g/mol. The number of fused-ring (bicyclic) bond motifs is 1. The highest BCUT2D eigenvalue weighted by Gasteiger charge is 2.23. The molecule has 0 aliphatic heterocycles. The number of carbonyl (C=O) groups excluding carboxylic acids is 1. The average Bonchev–Trinajstić information content (AvgIpc) is 2.34. The molecule has 1 N–H and O–H groups in total. The lowest BCUT2D eigenvalue weighted by molar-refractivity contribution is 0.0921. The lowest BCUT2D eigenvalue weighted by atomic mass is 9.85. The predicted molar refractivity (Wildman–Crippen MR) is 85.5 cm³/mol. The third-order valence-corrected chi connectivity index (χ3v) is 3.17. The van der Waals surface area contributed by atoms with Crippen molar-refractivity contribution in [2.24, 2.45) is 0 Å². The van der Waals surface area contributed by atoms with Crippen molar-refractivity contribution < 1.29 is 4.79 Å². The molecule has 21 heavy (non-hydrogen) atoms. The molecule has 112 valence electrons. The summed E-state index contributed by atoms with van der Waals surface area (Å²) < 4.78 is 0. The Balaban J connectivity index is 2.61. The molecule has 0 bridgehead atoms. The van der Waals surface area contributed by atoms with Crippen molar-refractivity contribution >= 4 is 16.9 Å². The van der Waals surface area contributed by atoms with Gasteiger partial charge in [0.1, 0.15) is 5.52 Å². The first-order chi connectivity index (χ1) is 9.59. The second kappa shape index (κ2) is 5.10. The van der Waals surface area contributed by atoms with Crippen molar-refractivity contribution in [2.75, 3.05) is 0 Å². The molecular formula is C17H23N3O. The normalized spacial score (nSPS) is 12.5. The summed E-state index contributed by atoms with van der Waals surface area (Å²) in [5.41, 5.74) is 2.79. The van der Waals surface area contributed by atoms with Crippen LogP contribution in [0.15, 0.2) is 24.5 Å². The zero-order chi connectivity index (χ0) is 15.8. The van der Waals surface area contributed by atoms with Gasteiger partial charge in [0.05, 0.1) is 11.1 Å². The fourth-order valence-corrected chi connectivity index (χ4v) is 2.25. The van der Waals surface area contributed by atoms with Gasteiger partial charge in [-0.1, -0.05) is 26.8 Å². The summed E-state index contributed by atoms with van der Waals surface area (Å²) >= 11 is 0. The summed E-state index contributed by atoms with van der Waals surface area (Å²) in [5.74, 6) is -0.117. The lowest BCUT2D eigenvalue weighted by Gasteiger charge is -2.23. The van der Waals surface area contributed by atoms with E-state index in [4.69, 9.17) is 0 Å². The van der Waals surface area contributed by atoms with E-state index in [0.717, 1.165) is 11.1 Å². The number of hydrogen-bond acceptors (Lipinski definition) is 3. The minimum Gasteiger partial charge on any atom is -0.347 e. The number of carbonyl (C=O) groups is 1. The van der Waals surface area contributed by atoms with Crippen molar-refractivity contribution in [3.8, 4) is 0 Å². The second-order valence-electron chi connectivity index (χ2n) is 7.37. The van der Waals surface area contributed by atoms with Crippen LogP contribution in [0.2, 0.25) is 0 Å². The summed E-state index contributed by atoms with van der Waals surface area (Å²) in [6, 6.07) is 3.83. The van der Waals surface area contributed by atoms with Crippen molar-refractivity contribution in [2.45, 2.75) is 52.5 Å². The molecule has 2 aromatic rings. The Labute approximate surface area is 126 Å². The Morgan fingerprint density at radius 3 is 2.05 bits per heavy atom. The van der Waals surface area contributed by atoms with Crippen LogP contribution in [0.4, 0.5) is 0 Å². The zero-order valence-electron chi connectivity index (χ0n) is 13.6. The Morgan fingerprint density at radius 2 is 1.52 bits per heavy atom. The minimum absolute atomic E-state index is 0.0483. The Kier molecular flexibility index (Phi) is 3.74. The van der Waals surface area contributed by atoms with E-state index in [9.17, 15) is 4.79 Å². The van der Waals surface area contributed by atoms with Gasteiger partial charge in [-0.15, -0.1) is 0 Å². The van der Waals surface area contributed by atoms with Gasteiger partial charge >= 0.3 is 0 Å². The Bertz CT molecular complexity index is 678. The molecule has 0 unspecified atom stereocenters. The smallest absolute Gasteiger partial charge is 0.253 e. The van der Waals surface area contributed by atoms with Crippen LogP contribution in [0.1, 0.15) is 57.5 Å². The third kappa shape index (κ3) is 3.38. The first kappa shape index (κ1) is 15.4. The van der Waals surface area contributed by atoms with Crippen molar-refractivity contribution in [1.29, 1.82) is 0 Å². The van der Waals surface area contributed by atoms with Gasteiger partial charge in [0, 0.05) is 17.9 Å². The van der Waals surface area contributed by atoms with E-state index in [1.165, 1.54) is 0 Å². The molecule has 1 aromatic carbocycles. The van der Waals surface area contributed by atoms with Crippen LogP contribution in [0.5, 0.6) is 0 Å². The standard InChI is InChI=1S/C17H23N3O/c1-16(2,3)12-8-7-11(15(21)20-17(4,5)6)13-14(12)19-10-9-18-13/h7-10H,1-6H3,(H,20,21). The first-order valence-electron chi connectivity index (χ1n) is 7.16. The van der Waals surface area contributed by atoms with Crippen LogP contribution >= 0.6 is 0 Å². The van der Waals surface area contributed by atoms with Gasteiger partial charge in [0.2, 0.25) is 0 Å². The van der Waals surface area contributed by atoms with Crippen LogP contribution in [0.25, 0.3) is 11.0 Å². The average molecular weight is 285 g/mol. The highest BCUT2D eigenvalue weighted by atomic mass is 16.1. The summed E-state index contributed by atoms with van der Waals surface area (Å²) in [6.07, 6.45) is 3.30. The molecule has 0 saturated carbocycles. The summed E-state index contributed by atoms with van der Waals surface area (Å²) in [7, 11) is 0. The molecule has 0 aliphatic carbocycles. The molecule has 2 rings (SSSR count). The number of rotatable bonds is 1. The SMILES string of the molecule is CC(C)(C)NC(=O)c1ccc(C(C)(C)C)c2nccnc12. The molecular weight excluding hydrogens is 262 g/mol. The molecule has 0 saturated heterocycles. The lowest BCUT2D eigenvalue weighted by Crippen LogP contribution is -2.40. The molecule has 1 heterocycles. The maximum atomic E-state index is 12.5. The Morgan fingerprint density at radius 1 is 0.952 bits per heavy atom. The van der Waals surface area contributed by atoms with Gasteiger partial charge in [-0.25, -0.2) is 0 Å². The maximum Gasteiger partial charge on any atom is 0.253 e. The van der Waals surface area contributed by atoms with E-state index in [1.807, 2.05) is 32.9 Å². The maximum absolute atomic E-state index is 12.5. The quantitative estimate of drug-likeness (QED) is 0.873. The number of nitrogens with one attached hydrogen (secondary N) is 1. The van der Waals surface area contributed by atoms with Gasteiger partial charge in [-0.3, -0.25) is 14.8 Å². The molecule has 4 nitrogen and oxygen atoms in total. The molecule has 1 amide bonds. The fraction of sp³-hybridized carbons (Fsp3) is 0.471. The van der Waals surface area contributed by atoms with Crippen LogP contribution in [0, 0.1) is 0 Å². The van der Waals surface area contributed by atoms with E-state index in [1.54, 1.807) is 12.4 Å². The molecule has 0 atom stereocenters. The van der Waals surface area contributed by atoms with E-state index >= 15 is 0 Å². The number of hydrogen-bond donors (Lipinski definition) is 1.